The molecule has 0 radical (unpaired) electrons. The summed E-state index contributed by atoms with van der Waals surface area (Å²) in [6.45, 7) is 5.23. The average Bonchev–Trinajstić information content (AvgIpc) is 3.33. The van der Waals surface area contributed by atoms with Crippen LogP contribution in [0.2, 0.25) is 0 Å². The molecule has 200 valence electrons. The van der Waals surface area contributed by atoms with Crippen molar-refractivity contribution in [2.24, 2.45) is 0 Å². The summed E-state index contributed by atoms with van der Waals surface area (Å²) in [6.07, 6.45) is 5.33. The fourth-order valence-electron chi connectivity index (χ4n) is 4.63. The first-order chi connectivity index (χ1) is 17.6. The van der Waals surface area contributed by atoms with Crippen LogP contribution in [0.4, 0.5) is 19.0 Å². The van der Waals surface area contributed by atoms with Crippen LogP contribution < -0.4 is 9.08 Å². The third-order valence-corrected chi connectivity index (χ3v) is 7.43. The van der Waals surface area contributed by atoms with Gasteiger partial charge in [0.05, 0.1) is 30.3 Å². The van der Waals surface area contributed by atoms with Gasteiger partial charge >= 0.3 is 15.6 Å². The zero-order chi connectivity index (χ0) is 26.4. The van der Waals surface area contributed by atoms with E-state index in [0.717, 1.165) is 19.3 Å². The predicted molar refractivity (Wildman–Crippen MR) is 128 cm³/mol. The van der Waals surface area contributed by atoms with Crippen molar-refractivity contribution < 1.29 is 35.2 Å². The largest absolute Gasteiger partial charge is 0.534 e. The fraction of sp³-hybridized carbons (Fsp3) is 0.522. The Kier molecular flexibility index (Phi) is 6.75. The number of nitrogens with zero attached hydrogens (tertiary/aromatic N) is 5. The molecule has 0 N–H and O–H groups in total. The maximum Gasteiger partial charge on any atom is 0.534 e. The Labute approximate surface area is 211 Å². The van der Waals surface area contributed by atoms with Gasteiger partial charge in [-0.3, -0.25) is 4.98 Å². The van der Waals surface area contributed by atoms with Gasteiger partial charge in [-0.25, -0.2) is 9.67 Å². The Morgan fingerprint density at radius 2 is 2.03 bits per heavy atom. The van der Waals surface area contributed by atoms with E-state index in [1.54, 1.807) is 23.9 Å². The first-order valence-corrected chi connectivity index (χ1v) is 13.3. The van der Waals surface area contributed by atoms with Crippen LogP contribution in [0.1, 0.15) is 38.0 Å². The maximum atomic E-state index is 13.3. The highest BCUT2D eigenvalue weighted by molar-refractivity contribution is 7.88. The van der Waals surface area contributed by atoms with Crippen LogP contribution in [0.15, 0.2) is 24.5 Å². The predicted octanol–water partition coefficient (Wildman–Crippen LogP) is 3.95. The second-order valence-electron chi connectivity index (χ2n) is 9.07. The van der Waals surface area contributed by atoms with Crippen molar-refractivity contribution >= 4 is 26.8 Å². The Balaban J connectivity index is 1.73. The Morgan fingerprint density at radius 1 is 1.22 bits per heavy atom. The van der Waals surface area contributed by atoms with Crippen LogP contribution in [0, 0.1) is 6.92 Å². The molecule has 0 bridgehead atoms. The number of rotatable bonds is 5. The van der Waals surface area contributed by atoms with E-state index >= 15 is 0 Å². The highest BCUT2D eigenvalue weighted by Crippen LogP contribution is 2.40. The summed E-state index contributed by atoms with van der Waals surface area (Å²) in [4.78, 5) is 11.2. The number of ether oxygens (including phenoxy) is 2. The molecule has 10 nitrogen and oxygen atoms in total. The minimum absolute atomic E-state index is 0.111. The SMILES string of the molecule is Cc1cnc(-c2ccnn2C2CCCCO2)c2nc(N3CCOC[C@H]3C)cc(OS(=O)(=O)C(F)(F)F)c12. The van der Waals surface area contributed by atoms with Crippen LogP contribution in [-0.4, -0.2) is 66.1 Å². The lowest BCUT2D eigenvalue weighted by atomic mass is 10.1. The number of aryl methyl sites for hydroxylation is 1. The van der Waals surface area contributed by atoms with Crippen LogP contribution in [0.5, 0.6) is 5.75 Å². The molecule has 0 spiro atoms. The Bertz CT molecular complexity index is 1410. The number of alkyl halides is 3. The molecule has 37 heavy (non-hydrogen) atoms. The second kappa shape index (κ2) is 9.72. The van der Waals surface area contributed by atoms with Gasteiger partial charge in [-0.15, -0.1) is 0 Å². The van der Waals surface area contributed by atoms with Gasteiger partial charge in [-0.2, -0.15) is 26.7 Å². The Hall–Kier alpha value is -2.97. The zero-order valence-corrected chi connectivity index (χ0v) is 21.0. The van der Waals surface area contributed by atoms with Gasteiger partial charge in [0.15, 0.2) is 12.0 Å². The molecule has 14 heteroatoms. The summed E-state index contributed by atoms with van der Waals surface area (Å²) in [5, 5.41) is 4.52. The molecule has 1 unspecified atom stereocenters. The minimum atomic E-state index is -5.94. The van der Waals surface area contributed by atoms with E-state index in [0.29, 0.717) is 43.3 Å². The first-order valence-electron chi connectivity index (χ1n) is 11.9. The molecule has 2 aliphatic heterocycles. The number of fused-ring (bicyclic) bond motifs is 1. The van der Waals surface area contributed by atoms with Gasteiger partial charge in [-0.1, -0.05) is 0 Å². The number of anilines is 1. The van der Waals surface area contributed by atoms with Gasteiger partial charge in [0.1, 0.15) is 17.0 Å². The number of hydrogen-bond acceptors (Lipinski definition) is 9. The summed E-state index contributed by atoms with van der Waals surface area (Å²) in [5.74, 6) is -0.221. The van der Waals surface area contributed by atoms with E-state index in [-0.39, 0.29) is 29.0 Å². The maximum absolute atomic E-state index is 13.3. The number of morpholine rings is 1. The molecule has 3 aromatic heterocycles. The van der Waals surface area contributed by atoms with Gasteiger partial charge in [0, 0.05) is 31.6 Å². The van der Waals surface area contributed by atoms with Crippen LogP contribution in [0.25, 0.3) is 22.3 Å². The smallest absolute Gasteiger partial charge is 0.377 e. The summed E-state index contributed by atoms with van der Waals surface area (Å²) in [7, 11) is -5.94. The van der Waals surface area contributed by atoms with Gasteiger partial charge < -0.3 is 18.6 Å². The van der Waals surface area contributed by atoms with E-state index in [2.05, 4.69) is 10.1 Å². The molecule has 0 aromatic carbocycles. The zero-order valence-electron chi connectivity index (χ0n) is 20.2. The minimum Gasteiger partial charge on any atom is -0.377 e. The van der Waals surface area contributed by atoms with Crippen molar-refractivity contribution in [3.63, 3.8) is 0 Å². The number of pyridine rings is 2. The third kappa shape index (κ3) is 4.84. The van der Waals surface area contributed by atoms with E-state index in [1.807, 2.05) is 11.8 Å². The number of aromatic nitrogens is 4. The number of hydrogen-bond donors (Lipinski definition) is 0. The molecule has 5 heterocycles. The van der Waals surface area contributed by atoms with Crippen molar-refractivity contribution in [3.8, 4) is 17.1 Å². The van der Waals surface area contributed by atoms with Crippen molar-refractivity contribution in [2.75, 3.05) is 31.3 Å². The van der Waals surface area contributed by atoms with Crippen molar-refractivity contribution in [1.29, 1.82) is 0 Å². The second-order valence-corrected chi connectivity index (χ2v) is 10.6. The highest BCUT2D eigenvalue weighted by Gasteiger charge is 2.49. The summed E-state index contributed by atoms with van der Waals surface area (Å²) >= 11 is 0. The van der Waals surface area contributed by atoms with Crippen molar-refractivity contribution in [2.45, 2.75) is 50.9 Å². The average molecular weight is 542 g/mol. The molecule has 0 aliphatic carbocycles. The van der Waals surface area contributed by atoms with E-state index in [9.17, 15) is 21.6 Å². The lowest BCUT2D eigenvalue weighted by molar-refractivity contribution is -0.0499. The van der Waals surface area contributed by atoms with Crippen molar-refractivity contribution in [1.82, 2.24) is 19.7 Å². The topological polar surface area (TPSA) is 109 Å². The first kappa shape index (κ1) is 25.7. The summed E-state index contributed by atoms with van der Waals surface area (Å²) in [6, 6.07) is 2.78. The standard InChI is InChI=1S/C23H26F3N5O5S/c1-14-12-27-21(16-6-7-28-31(16)19-5-3-4-9-35-19)22-20(14)17(36-37(32,33)23(24,25)26)11-18(29-22)30-8-10-34-13-15(30)2/h6-7,11-12,15,19H,3-5,8-10,13H2,1-2H3/t15-,19?/m1/s1. The quantitative estimate of drug-likeness (QED) is 0.350. The van der Waals surface area contributed by atoms with E-state index < -0.39 is 21.4 Å². The van der Waals surface area contributed by atoms with Crippen LogP contribution in [0.3, 0.4) is 0 Å². The lowest BCUT2D eigenvalue weighted by Crippen LogP contribution is -2.44. The van der Waals surface area contributed by atoms with Crippen LogP contribution in [-0.2, 0) is 19.6 Å². The summed E-state index contributed by atoms with van der Waals surface area (Å²) < 4.78 is 81.8. The summed E-state index contributed by atoms with van der Waals surface area (Å²) in [5.41, 5.74) is -4.14. The molecule has 2 saturated heterocycles. The van der Waals surface area contributed by atoms with Crippen LogP contribution >= 0.6 is 0 Å². The third-order valence-electron chi connectivity index (χ3n) is 6.46. The highest BCUT2D eigenvalue weighted by atomic mass is 32.2. The Morgan fingerprint density at radius 3 is 2.73 bits per heavy atom. The molecular weight excluding hydrogens is 515 g/mol. The van der Waals surface area contributed by atoms with Crippen molar-refractivity contribution in [3.05, 3.63) is 30.1 Å². The van der Waals surface area contributed by atoms with Gasteiger partial charge in [0.25, 0.3) is 0 Å². The number of halogens is 3. The molecule has 3 aromatic rings. The molecule has 2 aliphatic rings. The molecule has 2 fully saturated rings. The van der Waals surface area contributed by atoms with E-state index in [4.69, 9.17) is 18.6 Å². The fourth-order valence-corrected chi connectivity index (χ4v) is 5.09. The molecule has 0 amide bonds. The van der Waals surface area contributed by atoms with Gasteiger partial charge in [0.2, 0.25) is 0 Å². The van der Waals surface area contributed by atoms with Gasteiger partial charge in [-0.05, 0) is 44.7 Å². The monoisotopic (exact) mass is 541 g/mol. The lowest BCUT2D eigenvalue weighted by Gasteiger charge is -2.34. The molecule has 0 saturated carbocycles. The molecular formula is C23H26F3N5O5S. The van der Waals surface area contributed by atoms with E-state index in [1.165, 1.54) is 12.3 Å². The molecule has 2 atom stereocenters. The normalized spacial score (nSPS) is 21.4. The molecule has 5 rings (SSSR count).